The number of amides is 2. The second-order valence-corrected chi connectivity index (χ2v) is 9.39. The number of nitrogens with one attached hydrogen (secondary N) is 2. The first-order valence-corrected chi connectivity index (χ1v) is 13.1. The highest BCUT2D eigenvalue weighted by atomic mass is 16.5. The quantitative estimate of drug-likeness (QED) is 0.267. The number of benzene rings is 2. The van der Waals surface area contributed by atoms with E-state index in [1.807, 2.05) is 58.0 Å². The fourth-order valence-corrected chi connectivity index (χ4v) is 4.32. The summed E-state index contributed by atoms with van der Waals surface area (Å²) in [6, 6.07) is 9.05. The lowest BCUT2D eigenvalue weighted by atomic mass is 10.00. The molecule has 0 fully saturated rings. The molecule has 3 aromatic rings. The molecule has 38 heavy (non-hydrogen) atoms. The Labute approximate surface area is 224 Å². The van der Waals surface area contributed by atoms with Crippen LogP contribution in [0.15, 0.2) is 36.5 Å². The maximum atomic E-state index is 12.5. The third-order valence-electron chi connectivity index (χ3n) is 6.34. The topological polar surface area (TPSA) is 142 Å². The van der Waals surface area contributed by atoms with Crippen molar-refractivity contribution in [3.8, 4) is 11.5 Å². The van der Waals surface area contributed by atoms with Gasteiger partial charge in [-0.25, -0.2) is 0 Å². The number of hydrogen-bond acceptors (Lipinski definition) is 7. The summed E-state index contributed by atoms with van der Waals surface area (Å²) in [7, 11) is 0. The van der Waals surface area contributed by atoms with Crippen molar-refractivity contribution in [2.75, 3.05) is 18.5 Å². The van der Waals surface area contributed by atoms with Crippen LogP contribution in [-0.2, 0) is 29.0 Å². The Morgan fingerprint density at radius 3 is 2.32 bits per heavy atom. The molecule has 0 saturated heterocycles. The minimum absolute atomic E-state index is 0.0206. The summed E-state index contributed by atoms with van der Waals surface area (Å²) >= 11 is 0. The van der Waals surface area contributed by atoms with Gasteiger partial charge in [0.1, 0.15) is 0 Å². The maximum Gasteiger partial charge on any atom is 0.237 e. The predicted octanol–water partition coefficient (Wildman–Crippen LogP) is 3.97. The van der Waals surface area contributed by atoms with E-state index in [-0.39, 0.29) is 18.2 Å². The minimum Gasteiger partial charge on any atom is -0.490 e. The maximum absolute atomic E-state index is 12.5. The zero-order valence-electron chi connectivity index (χ0n) is 22.9. The molecule has 0 spiro atoms. The SMILES string of the molecule is CCOc1cc2ncc(CC(N)=O)c(Nc3cccc(CNC(=O)[C@H](N)C(C)C)c3CC)c2cc1OCC. The molecule has 3 rings (SSSR count). The molecule has 0 radical (unpaired) electrons. The molecule has 204 valence electrons. The van der Waals surface area contributed by atoms with Crippen LogP contribution in [0.3, 0.4) is 0 Å². The van der Waals surface area contributed by atoms with Gasteiger partial charge >= 0.3 is 0 Å². The van der Waals surface area contributed by atoms with Crippen molar-refractivity contribution in [1.29, 1.82) is 0 Å². The molecule has 0 unspecified atom stereocenters. The molecule has 0 bridgehead atoms. The van der Waals surface area contributed by atoms with Crippen LogP contribution in [0.1, 0.15) is 51.3 Å². The Bertz CT molecular complexity index is 1290. The van der Waals surface area contributed by atoms with Crippen LogP contribution < -0.4 is 31.6 Å². The van der Waals surface area contributed by atoms with Gasteiger partial charge in [-0.1, -0.05) is 32.9 Å². The van der Waals surface area contributed by atoms with E-state index in [2.05, 4.69) is 22.5 Å². The van der Waals surface area contributed by atoms with Crippen LogP contribution >= 0.6 is 0 Å². The monoisotopic (exact) mass is 521 g/mol. The van der Waals surface area contributed by atoms with E-state index in [4.69, 9.17) is 20.9 Å². The van der Waals surface area contributed by atoms with E-state index in [0.717, 1.165) is 34.3 Å². The third kappa shape index (κ3) is 6.72. The molecule has 0 aliphatic heterocycles. The summed E-state index contributed by atoms with van der Waals surface area (Å²) in [4.78, 5) is 29.0. The second-order valence-electron chi connectivity index (χ2n) is 9.39. The second kappa shape index (κ2) is 13.1. The standard InChI is InChI=1S/C29H39N5O4/c1-6-20-18(15-33-29(36)27(31)17(4)5)10-9-11-22(20)34-28-19(12-26(30)35)16-32-23-14-25(38-8-3)24(37-7-2)13-21(23)28/h9-11,13-14,16-17,27H,6-8,12,15,31H2,1-5H3,(H2,30,35)(H,32,34)(H,33,36)/t27-/m1/s1. The Balaban J connectivity index is 2.08. The number of ether oxygens (including phenoxy) is 2. The number of nitrogens with zero attached hydrogens (tertiary/aromatic N) is 1. The molecular formula is C29H39N5O4. The highest BCUT2D eigenvalue weighted by Gasteiger charge is 2.19. The first-order valence-electron chi connectivity index (χ1n) is 13.1. The van der Waals surface area contributed by atoms with Gasteiger partial charge in [-0.15, -0.1) is 0 Å². The highest BCUT2D eigenvalue weighted by Crippen LogP contribution is 2.38. The molecule has 6 N–H and O–H groups in total. The van der Waals surface area contributed by atoms with Crippen LogP contribution in [0.4, 0.5) is 11.4 Å². The number of aromatic nitrogens is 1. The first-order chi connectivity index (χ1) is 18.2. The van der Waals surface area contributed by atoms with E-state index < -0.39 is 11.9 Å². The van der Waals surface area contributed by atoms with Crippen molar-refractivity contribution in [3.63, 3.8) is 0 Å². The zero-order chi connectivity index (χ0) is 27.8. The zero-order valence-corrected chi connectivity index (χ0v) is 22.9. The third-order valence-corrected chi connectivity index (χ3v) is 6.34. The van der Waals surface area contributed by atoms with Crippen molar-refractivity contribution in [3.05, 3.63) is 53.2 Å². The van der Waals surface area contributed by atoms with Crippen LogP contribution in [0.25, 0.3) is 10.9 Å². The molecule has 9 nitrogen and oxygen atoms in total. The van der Waals surface area contributed by atoms with Crippen molar-refractivity contribution in [2.24, 2.45) is 17.4 Å². The fraction of sp³-hybridized carbons (Fsp3) is 0.414. The van der Waals surface area contributed by atoms with Gasteiger partial charge in [-0.05, 0) is 49.4 Å². The van der Waals surface area contributed by atoms with Gasteiger partial charge in [0.05, 0.1) is 36.9 Å². The number of hydrogen-bond donors (Lipinski definition) is 4. The predicted molar refractivity (Wildman–Crippen MR) is 151 cm³/mol. The Kier molecular flexibility index (Phi) is 9.90. The summed E-state index contributed by atoms with van der Waals surface area (Å²) in [5, 5.41) is 7.29. The number of carbonyl (C=O) groups excluding carboxylic acids is 2. The lowest BCUT2D eigenvalue weighted by Crippen LogP contribution is -2.43. The molecule has 9 heteroatoms. The van der Waals surface area contributed by atoms with E-state index in [9.17, 15) is 9.59 Å². The summed E-state index contributed by atoms with van der Waals surface area (Å²) in [6.07, 6.45) is 2.40. The Morgan fingerprint density at radius 1 is 1.03 bits per heavy atom. The van der Waals surface area contributed by atoms with E-state index in [1.165, 1.54) is 0 Å². The molecule has 1 aromatic heterocycles. The lowest BCUT2D eigenvalue weighted by molar-refractivity contribution is -0.123. The lowest BCUT2D eigenvalue weighted by Gasteiger charge is -2.21. The minimum atomic E-state index is -0.568. The molecular weight excluding hydrogens is 482 g/mol. The number of nitrogens with two attached hydrogens (primary N) is 2. The van der Waals surface area contributed by atoms with E-state index in [0.29, 0.717) is 42.3 Å². The molecule has 2 amide bonds. The average Bonchev–Trinajstić information content (AvgIpc) is 2.88. The fourth-order valence-electron chi connectivity index (χ4n) is 4.32. The molecule has 0 saturated carbocycles. The summed E-state index contributed by atoms with van der Waals surface area (Å²) in [5.74, 6) is 0.602. The Hall–Kier alpha value is -3.85. The van der Waals surface area contributed by atoms with Crippen LogP contribution in [-0.4, -0.2) is 36.1 Å². The van der Waals surface area contributed by atoms with Crippen LogP contribution in [0.2, 0.25) is 0 Å². The van der Waals surface area contributed by atoms with Crippen LogP contribution in [0, 0.1) is 5.92 Å². The number of rotatable bonds is 13. The number of anilines is 2. The molecule has 1 atom stereocenters. The van der Waals surface area contributed by atoms with Crippen molar-refractivity contribution < 1.29 is 19.1 Å². The largest absolute Gasteiger partial charge is 0.490 e. The van der Waals surface area contributed by atoms with Crippen molar-refractivity contribution in [1.82, 2.24) is 10.3 Å². The molecule has 1 heterocycles. The summed E-state index contributed by atoms with van der Waals surface area (Å²) in [5.41, 5.74) is 16.5. The molecule has 0 aliphatic carbocycles. The smallest absolute Gasteiger partial charge is 0.237 e. The number of carbonyl (C=O) groups is 2. The molecule has 0 aliphatic rings. The van der Waals surface area contributed by atoms with Gasteiger partial charge in [0.15, 0.2) is 11.5 Å². The summed E-state index contributed by atoms with van der Waals surface area (Å²) < 4.78 is 11.6. The normalized spacial score (nSPS) is 11.9. The van der Waals surface area contributed by atoms with Gasteiger partial charge in [-0.2, -0.15) is 0 Å². The molecule has 2 aromatic carbocycles. The van der Waals surface area contributed by atoms with Gasteiger partial charge in [0.25, 0.3) is 0 Å². The van der Waals surface area contributed by atoms with Gasteiger partial charge in [0, 0.05) is 35.4 Å². The highest BCUT2D eigenvalue weighted by molar-refractivity contribution is 5.98. The van der Waals surface area contributed by atoms with Gasteiger partial charge in [-0.3, -0.25) is 14.6 Å². The summed E-state index contributed by atoms with van der Waals surface area (Å²) in [6.45, 7) is 11.0. The van der Waals surface area contributed by atoms with Gasteiger partial charge in [0.2, 0.25) is 11.8 Å². The number of primary amides is 1. The van der Waals surface area contributed by atoms with E-state index >= 15 is 0 Å². The number of pyridine rings is 1. The van der Waals surface area contributed by atoms with Gasteiger partial charge < -0.3 is 31.6 Å². The average molecular weight is 522 g/mol. The number of fused-ring (bicyclic) bond motifs is 1. The first kappa shape index (κ1) is 28.7. The Morgan fingerprint density at radius 2 is 1.71 bits per heavy atom. The van der Waals surface area contributed by atoms with Crippen LogP contribution in [0.5, 0.6) is 11.5 Å². The van der Waals surface area contributed by atoms with Crippen molar-refractivity contribution in [2.45, 2.75) is 60.0 Å². The van der Waals surface area contributed by atoms with E-state index in [1.54, 1.807) is 6.20 Å². The van der Waals surface area contributed by atoms with Crippen molar-refractivity contribution >= 4 is 34.1 Å².